The van der Waals surface area contributed by atoms with Gasteiger partial charge in [0.2, 0.25) is 0 Å². The average Bonchev–Trinajstić information content (AvgIpc) is 2.54. The number of fused-ring (bicyclic) bond motifs is 1. The molecule has 1 aromatic rings. The predicted molar refractivity (Wildman–Crippen MR) is 87.3 cm³/mol. The van der Waals surface area contributed by atoms with Crippen LogP contribution in [-0.4, -0.2) is 33.9 Å². The van der Waals surface area contributed by atoms with Crippen molar-refractivity contribution in [3.8, 4) is 0 Å². The van der Waals surface area contributed by atoms with Gasteiger partial charge < -0.3 is 15.3 Å². The van der Waals surface area contributed by atoms with Crippen LogP contribution >= 0.6 is 0 Å². The minimum absolute atomic E-state index is 0.273. The average molecular weight is 322 g/mol. The van der Waals surface area contributed by atoms with Crippen LogP contribution in [0.1, 0.15) is 43.7 Å². The first kappa shape index (κ1) is 19.2. The first-order valence-electron chi connectivity index (χ1n) is 8.10. The minimum atomic E-state index is -1.04. The fourth-order valence-electron chi connectivity index (χ4n) is 2.86. The summed E-state index contributed by atoms with van der Waals surface area (Å²) in [5.74, 6) is -2.53. The van der Waals surface area contributed by atoms with Crippen molar-refractivity contribution in [3.05, 3.63) is 35.4 Å². The van der Waals surface area contributed by atoms with E-state index >= 15 is 0 Å². The van der Waals surface area contributed by atoms with Crippen molar-refractivity contribution in [2.75, 3.05) is 6.61 Å². The Labute approximate surface area is 137 Å². The molecule has 0 spiro atoms. The molecule has 1 aromatic carbocycles. The maximum absolute atomic E-state index is 11.1. The van der Waals surface area contributed by atoms with Gasteiger partial charge in [-0.3, -0.25) is 9.59 Å². The number of aryl methyl sites for hydroxylation is 1. The molecule has 1 aliphatic carbocycles. The Morgan fingerprint density at radius 2 is 1.83 bits per heavy atom. The molecule has 0 heterocycles. The second-order valence-electron chi connectivity index (χ2n) is 5.97. The highest BCUT2D eigenvalue weighted by molar-refractivity contribution is 5.77. The van der Waals surface area contributed by atoms with Crippen molar-refractivity contribution in [1.82, 2.24) is 0 Å². The highest BCUT2D eigenvalue weighted by atomic mass is 16.4. The fourth-order valence-corrected chi connectivity index (χ4v) is 2.86. The van der Waals surface area contributed by atoms with Crippen LogP contribution in [0.5, 0.6) is 0 Å². The Morgan fingerprint density at radius 3 is 2.35 bits per heavy atom. The van der Waals surface area contributed by atoms with Gasteiger partial charge in [-0.2, -0.15) is 0 Å². The lowest BCUT2D eigenvalue weighted by atomic mass is 9.79. The zero-order valence-corrected chi connectivity index (χ0v) is 13.6. The van der Waals surface area contributed by atoms with E-state index in [1.165, 1.54) is 11.1 Å². The molecule has 0 radical (unpaired) electrons. The SMILES string of the molecule is CCCO.O=C(O)CC(CC1CCc2ccccc2C1)C(=O)O. The largest absolute Gasteiger partial charge is 0.481 e. The van der Waals surface area contributed by atoms with Gasteiger partial charge in [-0.05, 0) is 49.1 Å². The fraction of sp³-hybridized carbons (Fsp3) is 0.556. The van der Waals surface area contributed by atoms with Crippen LogP contribution in [0.4, 0.5) is 0 Å². The van der Waals surface area contributed by atoms with Gasteiger partial charge in [0.15, 0.2) is 0 Å². The van der Waals surface area contributed by atoms with Crippen LogP contribution in [0.25, 0.3) is 0 Å². The lowest BCUT2D eigenvalue weighted by molar-refractivity contribution is -0.148. The number of hydrogen-bond acceptors (Lipinski definition) is 3. The molecular formula is C18H26O5. The lowest BCUT2D eigenvalue weighted by Crippen LogP contribution is -2.24. The quantitative estimate of drug-likeness (QED) is 0.748. The highest BCUT2D eigenvalue weighted by Crippen LogP contribution is 2.30. The summed E-state index contributed by atoms with van der Waals surface area (Å²) in [7, 11) is 0. The van der Waals surface area contributed by atoms with E-state index in [4.69, 9.17) is 15.3 Å². The van der Waals surface area contributed by atoms with Crippen LogP contribution in [0, 0.1) is 11.8 Å². The van der Waals surface area contributed by atoms with Crippen molar-refractivity contribution >= 4 is 11.9 Å². The second-order valence-corrected chi connectivity index (χ2v) is 5.97. The van der Waals surface area contributed by atoms with Gasteiger partial charge in [-0.1, -0.05) is 31.2 Å². The Hall–Kier alpha value is -1.88. The standard InChI is InChI=1S/C15H18O4.C3H8O/c16-14(17)9-13(15(18)19)8-10-5-6-11-3-1-2-4-12(11)7-10;1-2-3-4/h1-4,10,13H,5-9H2,(H,16,17)(H,18,19);4H,2-3H2,1H3. The first-order chi connectivity index (χ1) is 11.0. The summed E-state index contributed by atoms with van der Waals surface area (Å²) in [4.78, 5) is 21.8. The minimum Gasteiger partial charge on any atom is -0.481 e. The molecule has 0 amide bonds. The van der Waals surface area contributed by atoms with E-state index in [1.807, 2.05) is 19.1 Å². The topological polar surface area (TPSA) is 94.8 Å². The van der Waals surface area contributed by atoms with E-state index in [0.29, 0.717) is 13.0 Å². The first-order valence-corrected chi connectivity index (χ1v) is 8.10. The summed E-state index contributed by atoms with van der Waals surface area (Å²) in [6, 6.07) is 8.20. The summed E-state index contributed by atoms with van der Waals surface area (Å²) >= 11 is 0. The molecule has 23 heavy (non-hydrogen) atoms. The van der Waals surface area contributed by atoms with E-state index in [9.17, 15) is 9.59 Å². The second kappa shape index (κ2) is 10.0. The van der Waals surface area contributed by atoms with Gasteiger partial charge in [0, 0.05) is 6.61 Å². The van der Waals surface area contributed by atoms with Crippen LogP contribution < -0.4 is 0 Å². The maximum atomic E-state index is 11.1. The Kier molecular flexibility index (Phi) is 8.33. The van der Waals surface area contributed by atoms with Crippen molar-refractivity contribution in [3.63, 3.8) is 0 Å². The summed E-state index contributed by atoms with van der Waals surface area (Å²) in [5, 5.41) is 25.7. The summed E-state index contributed by atoms with van der Waals surface area (Å²) in [6.07, 6.45) is 3.81. The smallest absolute Gasteiger partial charge is 0.307 e. The molecule has 0 aliphatic heterocycles. The molecule has 0 saturated heterocycles. The lowest BCUT2D eigenvalue weighted by Gasteiger charge is -2.26. The number of aliphatic hydroxyl groups excluding tert-OH is 1. The van der Waals surface area contributed by atoms with Gasteiger partial charge in [-0.25, -0.2) is 0 Å². The molecule has 2 rings (SSSR count). The molecular weight excluding hydrogens is 296 g/mol. The van der Waals surface area contributed by atoms with E-state index in [0.717, 1.165) is 25.7 Å². The van der Waals surface area contributed by atoms with E-state index < -0.39 is 17.9 Å². The highest BCUT2D eigenvalue weighted by Gasteiger charge is 2.27. The number of carbonyl (C=O) groups is 2. The van der Waals surface area contributed by atoms with Gasteiger partial charge in [-0.15, -0.1) is 0 Å². The summed E-state index contributed by atoms with van der Waals surface area (Å²) in [5.41, 5.74) is 2.61. The Bertz CT molecular complexity index is 510. The summed E-state index contributed by atoms with van der Waals surface area (Å²) < 4.78 is 0. The van der Waals surface area contributed by atoms with E-state index in [2.05, 4.69) is 12.1 Å². The van der Waals surface area contributed by atoms with Crippen LogP contribution in [0.2, 0.25) is 0 Å². The molecule has 128 valence electrons. The van der Waals surface area contributed by atoms with Gasteiger partial charge in [0.1, 0.15) is 0 Å². The Morgan fingerprint density at radius 1 is 1.22 bits per heavy atom. The number of benzene rings is 1. The number of carboxylic acid groups (broad SMARTS) is 2. The third kappa shape index (κ3) is 6.82. The maximum Gasteiger partial charge on any atom is 0.307 e. The van der Waals surface area contributed by atoms with Crippen LogP contribution in [0.15, 0.2) is 24.3 Å². The number of rotatable bonds is 6. The van der Waals surface area contributed by atoms with Gasteiger partial charge in [0.05, 0.1) is 12.3 Å². The number of aliphatic carboxylic acids is 2. The molecule has 1 aliphatic rings. The van der Waals surface area contributed by atoms with Crippen molar-refractivity contribution in [2.24, 2.45) is 11.8 Å². The normalized spacial score (nSPS) is 17.4. The third-order valence-corrected chi connectivity index (χ3v) is 4.06. The van der Waals surface area contributed by atoms with Crippen LogP contribution in [-0.2, 0) is 22.4 Å². The zero-order chi connectivity index (χ0) is 17.2. The zero-order valence-electron chi connectivity index (χ0n) is 13.6. The van der Waals surface area contributed by atoms with Gasteiger partial charge >= 0.3 is 11.9 Å². The molecule has 2 unspecified atom stereocenters. The van der Waals surface area contributed by atoms with Crippen molar-refractivity contribution < 1.29 is 24.9 Å². The van der Waals surface area contributed by atoms with E-state index in [-0.39, 0.29) is 12.3 Å². The van der Waals surface area contributed by atoms with Crippen LogP contribution in [0.3, 0.4) is 0 Å². The molecule has 0 saturated carbocycles. The van der Waals surface area contributed by atoms with Crippen molar-refractivity contribution in [2.45, 2.75) is 45.4 Å². The molecule has 5 heteroatoms. The van der Waals surface area contributed by atoms with E-state index in [1.54, 1.807) is 0 Å². The predicted octanol–water partition coefficient (Wildman–Crippen LogP) is 2.75. The molecule has 0 fully saturated rings. The summed E-state index contributed by atoms with van der Waals surface area (Å²) in [6.45, 7) is 2.25. The molecule has 3 N–H and O–H groups in total. The number of carboxylic acids is 2. The van der Waals surface area contributed by atoms with Crippen molar-refractivity contribution in [1.29, 1.82) is 0 Å². The Balaban J connectivity index is 0.000000593. The molecule has 5 nitrogen and oxygen atoms in total. The number of hydrogen-bond donors (Lipinski definition) is 3. The monoisotopic (exact) mass is 322 g/mol. The third-order valence-electron chi connectivity index (χ3n) is 4.06. The molecule has 2 atom stereocenters. The van der Waals surface area contributed by atoms with Gasteiger partial charge in [0.25, 0.3) is 0 Å². The molecule has 0 aromatic heterocycles. The molecule has 0 bridgehead atoms. The number of aliphatic hydroxyl groups is 1.